The van der Waals surface area contributed by atoms with Crippen molar-refractivity contribution >= 4 is 26.8 Å². The molecule has 1 aliphatic heterocycles. The second-order valence-corrected chi connectivity index (χ2v) is 7.74. The first-order valence-corrected chi connectivity index (χ1v) is 9.78. The van der Waals surface area contributed by atoms with E-state index in [2.05, 4.69) is 19.8 Å². The van der Waals surface area contributed by atoms with Crippen LogP contribution in [0.1, 0.15) is 12.0 Å². The van der Waals surface area contributed by atoms with Crippen LogP contribution < -0.4 is 24.2 Å². The van der Waals surface area contributed by atoms with E-state index < -0.39 is 10.2 Å². The Morgan fingerprint density at radius 3 is 2.69 bits per heavy atom. The normalized spacial score (nSPS) is 15.2. The Bertz CT molecular complexity index is 912. The lowest BCUT2D eigenvalue weighted by Gasteiger charge is -2.41. The van der Waals surface area contributed by atoms with Crippen LogP contribution in [0.15, 0.2) is 12.3 Å². The van der Waals surface area contributed by atoms with Crippen molar-refractivity contribution in [3.05, 3.63) is 17.8 Å². The van der Waals surface area contributed by atoms with Crippen LogP contribution in [-0.4, -0.2) is 52.5 Å². The summed E-state index contributed by atoms with van der Waals surface area (Å²) in [4.78, 5) is 2.21. The lowest BCUT2D eigenvalue weighted by molar-refractivity contribution is 0.353. The molecule has 0 aliphatic carbocycles. The smallest absolute Gasteiger partial charge is 0.274 e. The van der Waals surface area contributed by atoms with Gasteiger partial charge in [0.05, 0.1) is 31.6 Å². The van der Waals surface area contributed by atoms with Crippen molar-refractivity contribution in [1.29, 1.82) is 0 Å². The summed E-state index contributed by atoms with van der Waals surface area (Å²) in [6.07, 6.45) is 2.49. The van der Waals surface area contributed by atoms with E-state index in [1.807, 2.05) is 13.0 Å². The lowest BCUT2D eigenvalue weighted by Crippen LogP contribution is -2.48. The average molecular weight is 381 g/mol. The maximum absolute atomic E-state index is 10.9. The van der Waals surface area contributed by atoms with Gasteiger partial charge in [-0.05, 0) is 19.3 Å². The molecule has 1 aromatic carbocycles. The van der Waals surface area contributed by atoms with E-state index in [4.69, 9.17) is 14.6 Å². The molecule has 3 N–H and O–H groups in total. The monoisotopic (exact) mass is 381 g/mol. The summed E-state index contributed by atoms with van der Waals surface area (Å²) in [6, 6.07) is 1.82. The minimum absolute atomic E-state index is 0.344. The number of hydrogen-bond acceptors (Lipinski definition) is 7. The van der Waals surface area contributed by atoms with Crippen LogP contribution in [-0.2, 0) is 10.2 Å². The number of ether oxygens (including phenoxy) is 2. The van der Waals surface area contributed by atoms with E-state index in [0.717, 1.165) is 41.7 Å². The Labute approximate surface area is 152 Å². The number of fused-ring (bicyclic) bond motifs is 1. The lowest BCUT2D eigenvalue weighted by atomic mass is 9.94. The van der Waals surface area contributed by atoms with Crippen LogP contribution in [0.2, 0.25) is 0 Å². The first-order chi connectivity index (χ1) is 12.3. The van der Waals surface area contributed by atoms with Crippen LogP contribution in [0.5, 0.6) is 11.5 Å². The summed E-state index contributed by atoms with van der Waals surface area (Å²) < 4.78 is 35.0. The Morgan fingerprint density at radius 1 is 1.35 bits per heavy atom. The molecule has 0 spiro atoms. The second-order valence-electron chi connectivity index (χ2n) is 6.36. The van der Waals surface area contributed by atoms with E-state index in [0.29, 0.717) is 24.0 Å². The number of aromatic nitrogens is 2. The highest BCUT2D eigenvalue weighted by atomic mass is 32.2. The summed E-state index contributed by atoms with van der Waals surface area (Å²) in [5.41, 5.74) is 2.69. The minimum atomic E-state index is -3.63. The number of nitrogens with two attached hydrogens (primary N) is 1. The molecular formula is C16H23N5O4S. The number of nitrogens with zero attached hydrogens (tertiary/aromatic N) is 3. The third kappa shape index (κ3) is 3.67. The van der Waals surface area contributed by atoms with Crippen molar-refractivity contribution in [2.75, 3.05) is 38.8 Å². The maximum atomic E-state index is 10.9. The van der Waals surface area contributed by atoms with Gasteiger partial charge in [-0.2, -0.15) is 18.6 Å². The van der Waals surface area contributed by atoms with Gasteiger partial charge in [0.15, 0.2) is 11.5 Å². The maximum Gasteiger partial charge on any atom is 0.274 e. The number of nitrogens with one attached hydrogen (secondary N) is 1. The van der Waals surface area contributed by atoms with Crippen molar-refractivity contribution in [3.8, 4) is 11.5 Å². The quantitative estimate of drug-likeness (QED) is 0.719. The fourth-order valence-corrected chi connectivity index (χ4v) is 3.77. The van der Waals surface area contributed by atoms with Gasteiger partial charge >= 0.3 is 0 Å². The van der Waals surface area contributed by atoms with Gasteiger partial charge in [0.1, 0.15) is 0 Å². The summed E-state index contributed by atoms with van der Waals surface area (Å²) in [6.45, 7) is 3.96. The van der Waals surface area contributed by atoms with Gasteiger partial charge in [-0.3, -0.25) is 0 Å². The van der Waals surface area contributed by atoms with Crippen molar-refractivity contribution in [2.24, 2.45) is 11.1 Å². The number of methoxy groups -OCH3 is 2. The highest BCUT2D eigenvalue weighted by molar-refractivity contribution is 7.87. The highest BCUT2D eigenvalue weighted by Gasteiger charge is 2.29. The first kappa shape index (κ1) is 18.6. The van der Waals surface area contributed by atoms with E-state index in [1.165, 1.54) is 0 Å². The van der Waals surface area contributed by atoms with Crippen molar-refractivity contribution in [3.63, 3.8) is 0 Å². The third-order valence-corrected chi connectivity index (χ3v) is 5.25. The molecule has 0 radical (unpaired) electrons. The molecule has 0 saturated carbocycles. The molecule has 2 aromatic rings. The van der Waals surface area contributed by atoms with Crippen LogP contribution >= 0.6 is 0 Å². The number of aryl methyl sites for hydroxylation is 1. The fraction of sp³-hybridized carbons (Fsp3) is 0.500. The topological polar surface area (TPSA) is 120 Å². The van der Waals surface area contributed by atoms with E-state index >= 15 is 0 Å². The molecule has 1 aliphatic rings. The number of rotatable bonds is 7. The number of benzene rings is 1. The average Bonchev–Trinajstić information content (AvgIpc) is 2.55. The van der Waals surface area contributed by atoms with Crippen molar-refractivity contribution in [2.45, 2.75) is 13.3 Å². The van der Waals surface area contributed by atoms with Gasteiger partial charge < -0.3 is 14.4 Å². The molecule has 26 heavy (non-hydrogen) atoms. The molecule has 0 unspecified atom stereocenters. The largest absolute Gasteiger partial charge is 0.493 e. The molecule has 1 fully saturated rings. The molecule has 0 bridgehead atoms. The van der Waals surface area contributed by atoms with E-state index in [9.17, 15) is 8.42 Å². The fourth-order valence-electron chi connectivity index (χ4n) is 3.36. The van der Waals surface area contributed by atoms with Crippen LogP contribution in [0.25, 0.3) is 10.9 Å². The molecule has 9 nitrogen and oxygen atoms in total. The first-order valence-electron chi connectivity index (χ1n) is 8.23. The van der Waals surface area contributed by atoms with Crippen molar-refractivity contribution in [1.82, 2.24) is 14.9 Å². The molecule has 3 rings (SSSR count). The zero-order valence-corrected chi connectivity index (χ0v) is 15.8. The number of anilines is 1. The van der Waals surface area contributed by atoms with Gasteiger partial charge in [0.2, 0.25) is 0 Å². The minimum Gasteiger partial charge on any atom is -0.493 e. The summed E-state index contributed by atoms with van der Waals surface area (Å²) in [5.74, 6) is 1.70. The van der Waals surface area contributed by atoms with Gasteiger partial charge in [0, 0.05) is 36.7 Å². The highest BCUT2D eigenvalue weighted by Crippen LogP contribution is 2.41. The Morgan fingerprint density at radius 2 is 2.08 bits per heavy atom. The molecule has 1 saturated heterocycles. The molecule has 2 heterocycles. The zero-order valence-electron chi connectivity index (χ0n) is 15.0. The van der Waals surface area contributed by atoms with Crippen LogP contribution in [0.4, 0.5) is 5.69 Å². The SMILES string of the molecule is COc1cc2nncc(N3CC(CCNS(N)(=O)=O)C3)c2c(C)c1OC. The van der Waals surface area contributed by atoms with Gasteiger partial charge in [0.25, 0.3) is 10.2 Å². The molecule has 10 heteroatoms. The molecular weight excluding hydrogens is 358 g/mol. The Hall–Kier alpha value is -2.17. The van der Waals surface area contributed by atoms with Crippen molar-refractivity contribution < 1.29 is 17.9 Å². The third-order valence-electron chi connectivity index (χ3n) is 4.64. The summed E-state index contributed by atoms with van der Waals surface area (Å²) in [5, 5.41) is 14.3. The van der Waals surface area contributed by atoms with Gasteiger partial charge in [-0.15, -0.1) is 0 Å². The van der Waals surface area contributed by atoms with E-state index in [-0.39, 0.29) is 0 Å². The number of hydrogen-bond donors (Lipinski definition) is 2. The predicted molar refractivity (Wildman–Crippen MR) is 98.8 cm³/mol. The summed E-state index contributed by atoms with van der Waals surface area (Å²) in [7, 11) is -0.419. The van der Waals surface area contributed by atoms with Gasteiger partial charge in [-0.1, -0.05) is 0 Å². The van der Waals surface area contributed by atoms with Crippen LogP contribution in [0.3, 0.4) is 0 Å². The van der Waals surface area contributed by atoms with Crippen LogP contribution in [0, 0.1) is 12.8 Å². The Kier molecular flexibility index (Phi) is 5.17. The predicted octanol–water partition coefficient (Wildman–Crippen LogP) is 0.575. The Balaban J connectivity index is 1.80. The molecule has 1 aromatic heterocycles. The standard InChI is InChI=1S/C16H23N5O4S/c1-10-15-12(6-14(24-2)16(10)25-3)20-18-7-13(15)21-8-11(9-21)4-5-19-26(17,22)23/h6-7,11,19H,4-5,8-9H2,1-3H3,(H2,17,22,23). The molecule has 142 valence electrons. The zero-order chi connectivity index (χ0) is 18.9. The molecule has 0 amide bonds. The second kappa shape index (κ2) is 7.22. The van der Waals surface area contributed by atoms with Gasteiger partial charge in [-0.25, -0.2) is 9.86 Å². The summed E-state index contributed by atoms with van der Waals surface area (Å²) >= 11 is 0. The molecule has 0 atom stereocenters. The van der Waals surface area contributed by atoms with E-state index in [1.54, 1.807) is 20.4 Å².